The first-order valence-corrected chi connectivity index (χ1v) is 11.1. The number of sulfonamides is 1. The second kappa shape index (κ2) is 7.87. The van der Waals surface area contributed by atoms with E-state index in [-0.39, 0.29) is 16.6 Å². The third-order valence-corrected chi connectivity index (χ3v) is 6.35. The summed E-state index contributed by atoms with van der Waals surface area (Å²) in [5, 5.41) is 0. The number of carbonyl (C=O) groups is 1. The van der Waals surface area contributed by atoms with Crippen LogP contribution in [0.3, 0.4) is 0 Å². The minimum atomic E-state index is -3.79. The summed E-state index contributed by atoms with van der Waals surface area (Å²) < 4.78 is 39.1. The van der Waals surface area contributed by atoms with Crippen molar-refractivity contribution in [3.05, 3.63) is 71.7 Å². The van der Waals surface area contributed by atoms with E-state index in [0.29, 0.717) is 36.7 Å². The predicted octanol–water partition coefficient (Wildman–Crippen LogP) is 3.99. The largest absolute Gasteiger partial charge is 0.494 e. The Morgan fingerprint density at radius 2 is 2.03 bits per heavy atom. The van der Waals surface area contributed by atoms with Crippen molar-refractivity contribution in [2.45, 2.75) is 25.2 Å². The van der Waals surface area contributed by atoms with E-state index in [9.17, 15) is 13.2 Å². The summed E-state index contributed by atoms with van der Waals surface area (Å²) >= 11 is 0. The van der Waals surface area contributed by atoms with Crippen molar-refractivity contribution >= 4 is 27.3 Å². The number of nitrogens with one attached hydrogen (secondary N) is 1. The van der Waals surface area contributed by atoms with Crippen LogP contribution in [0.25, 0.3) is 0 Å². The normalized spacial score (nSPS) is 13.2. The van der Waals surface area contributed by atoms with Gasteiger partial charge in [-0.25, -0.2) is 8.42 Å². The number of hydrogen-bond donors (Lipinski definition) is 1. The van der Waals surface area contributed by atoms with E-state index in [1.54, 1.807) is 48.2 Å². The number of ether oxygens (including phenoxy) is 1. The topological polar surface area (TPSA) is 88.9 Å². The zero-order valence-corrected chi connectivity index (χ0v) is 17.5. The highest BCUT2D eigenvalue weighted by Crippen LogP contribution is 2.33. The molecule has 156 valence electrons. The molecule has 3 aromatic rings. The lowest BCUT2D eigenvalue weighted by Gasteiger charge is -2.17. The van der Waals surface area contributed by atoms with Gasteiger partial charge in [0.25, 0.3) is 15.9 Å². The fourth-order valence-electron chi connectivity index (χ4n) is 3.51. The summed E-state index contributed by atoms with van der Waals surface area (Å²) in [6.45, 7) is 4.70. The quantitative estimate of drug-likeness (QED) is 0.644. The lowest BCUT2D eigenvalue weighted by Crippen LogP contribution is -2.28. The fraction of sp³-hybridized carbons (Fsp3) is 0.227. The number of furan rings is 1. The van der Waals surface area contributed by atoms with Crippen molar-refractivity contribution in [1.29, 1.82) is 0 Å². The first-order valence-electron chi connectivity index (χ1n) is 9.63. The molecule has 1 N–H and O–H groups in total. The van der Waals surface area contributed by atoms with Gasteiger partial charge in [0.1, 0.15) is 5.75 Å². The number of rotatable bonds is 6. The van der Waals surface area contributed by atoms with Gasteiger partial charge >= 0.3 is 0 Å². The zero-order valence-electron chi connectivity index (χ0n) is 16.7. The van der Waals surface area contributed by atoms with E-state index in [2.05, 4.69) is 4.72 Å². The minimum Gasteiger partial charge on any atom is -0.494 e. The van der Waals surface area contributed by atoms with Gasteiger partial charge in [0.2, 0.25) is 0 Å². The van der Waals surface area contributed by atoms with Gasteiger partial charge in [-0.15, -0.1) is 0 Å². The zero-order chi connectivity index (χ0) is 21.3. The van der Waals surface area contributed by atoms with E-state index < -0.39 is 10.0 Å². The molecule has 0 aliphatic carbocycles. The highest BCUT2D eigenvalue weighted by Gasteiger charge is 2.28. The summed E-state index contributed by atoms with van der Waals surface area (Å²) in [5.41, 5.74) is 2.79. The third kappa shape index (κ3) is 3.78. The number of carbonyl (C=O) groups excluding carboxylic acids is 1. The molecular formula is C22H22N2O5S. The summed E-state index contributed by atoms with van der Waals surface area (Å²) in [6.07, 6.45) is 2.15. The number of nitrogens with zero attached hydrogens (tertiary/aromatic N) is 1. The third-order valence-electron chi connectivity index (χ3n) is 4.97. The van der Waals surface area contributed by atoms with Gasteiger partial charge in [-0.05, 0) is 73.9 Å². The monoisotopic (exact) mass is 426 g/mol. The Bertz CT molecular complexity index is 1190. The van der Waals surface area contributed by atoms with E-state index in [0.717, 1.165) is 11.1 Å². The average molecular weight is 426 g/mol. The van der Waals surface area contributed by atoms with Crippen molar-refractivity contribution < 1.29 is 22.4 Å². The molecule has 7 nitrogen and oxygen atoms in total. The van der Waals surface area contributed by atoms with Crippen LogP contribution in [0.1, 0.15) is 28.6 Å². The number of benzene rings is 2. The number of fused-ring (bicyclic) bond motifs is 1. The molecule has 1 amide bonds. The number of amides is 1. The molecule has 1 aliphatic rings. The van der Waals surface area contributed by atoms with Gasteiger partial charge in [0.15, 0.2) is 5.76 Å². The van der Waals surface area contributed by atoms with Crippen LogP contribution in [0, 0.1) is 6.92 Å². The number of anilines is 2. The molecule has 30 heavy (non-hydrogen) atoms. The molecule has 2 heterocycles. The molecular weight excluding hydrogens is 404 g/mol. The Balaban J connectivity index is 1.59. The smallest absolute Gasteiger partial charge is 0.293 e. The van der Waals surface area contributed by atoms with E-state index >= 15 is 0 Å². The molecule has 0 radical (unpaired) electrons. The van der Waals surface area contributed by atoms with Crippen molar-refractivity contribution in [1.82, 2.24) is 0 Å². The maximum absolute atomic E-state index is 12.9. The molecule has 0 atom stereocenters. The van der Waals surface area contributed by atoms with E-state index in [1.165, 1.54) is 12.3 Å². The second-order valence-electron chi connectivity index (χ2n) is 6.99. The molecule has 2 aromatic carbocycles. The molecule has 0 fully saturated rings. The Hall–Kier alpha value is -3.26. The van der Waals surface area contributed by atoms with Gasteiger partial charge < -0.3 is 14.1 Å². The maximum atomic E-state index is 12.9. The maximum Gasteiger partial charge on any atom is 0.293 e. The highest BCUT2D eigenvalue weighted by molar-refractivity contribution is 7.92. The van der Waals surface area contributed by atoms with E-state index in [1.807, 2.05) is 13.0 Å². The summed E-state index contributed by atoms with van der Waals surface area (Å²) in [5.74, 6) is 0.653. The van der Waals surface area contributed by atoms with Crippen LogP contribution >= 0.6 is 0 Å². The molecule has 1 aromatic heterocycles. The summed E-state index contributed by atoms with van der Waals surface area (Å²) in [6, 6.07) is 13.2. The molecule has 0 bridgehead atoms. The Morgan fingerprint density at radius 3 is 2.73 bits per heavy atom. The highest BCUT2D eigenvalue weighted by atomic mass is 32.2. The van der Waals surface area contributed by atoms with Crippen LogP contribution in [0.2, 0.25) is 0 Å². The second-order valence-corrected chi connectivity index (χ2v) is 8.68. The number of hydrogen-bond acceptors (Lipinski definition) is 5. The predicted molar refractivity (Wildman–Crippen MR) is 114 cm³/mol. The van der Waals surface area contributed by atoms with Gasteiger partial charge in [-0.1, -0.05) is 6.07 Å². The average Bonchev–Trinajstić information content (AvgIpc) is 3.38. The van der Waals surface area contributed by atoms with Crippen LogP contribution in [0.15, 0.2) is 64.1 Å². The molecule has 4 rings (SSSR count). The number of aryl methyl sites for hydroxylation is 1. The van der Waals surface area contributed by atoms with Crippen molar-refractivity contribution in [2.75, 3.05) is 22.8 Å². The van der Waals surface area contributed by atoms with Gasteiger partial charge in [0.05, 0.1) is 23.5 Å². The van der Waals surface area contributed by atoms with Crippen LogP contribution in [0.5, 0.6) is 5.75 Å². The molecule has 1 aliphatic heterocycles. The standard InChI is InChI=1S/C22H22N2O5S/c1-3-28-20-9-8-18(13-15(20)2)30(26,27)23-17-7-6-16-10-11-24(19(16)14-17)22(25)21-5-4-12-29-21/h4-9,12-14,23H,3,10-11H2,1-2H3. The molecule has 0 saturated carbocycles. The Labute approximate surface area is 175 Å². The minimum absolute atomic E-state index is 0.146. The van der Waals surface area contributed by atoms with Crippen LogP contribution in [0.4, 0.5) is 11.4 Å². The van der Waals surface area contributed by atoms with Gasteiger partial charge in [-0.3, -0.25) is 9.52 Å². The molecule has 0 spiro atoms. The first-order chi connectivity index (χ1) is 14.4. The van der Waals surface area contributed by atoms with Gasteiger partial charge in [-0.2, -0.15) is 0 Å². The molecule has 0 unspecified atom stereocenters. The Morgan fingerprint density at radius 1 is 1.20 bits per heavy atom. The molecule has 0 saturated heterocycles. The first kappa shape index (κ1) is 20.0. The summed E-state index contributed by atoms with van der Waals surface area (Å²) in [7, 11) is -3.79. The van der Waals surface area contributed by atoms with Crippen LogP contribution in [-0.4, -0.2) is 27.5 Å². The Kier molecular flexibility index (Phi) is 5.26. The van der Waals surface area contributed by atoms with Crippen LogP contribution < -0.4 is 14.4 Å². The SMILES string of the molecule is CCOc1ccc(S(=O)(=O)Nc2ccc3c(c2)N(C(=O)c2ccco2)CC3)cc1C. The lowest BCUT2D eigenvalue weighted by atomic mass is 10.1. The fourth-order valence-corrected chi connectivity index (χ4v) is 4.64. The van der Waals surface area contributed by atoms with E-state index in [4.69, 9.17) is 9.15 Å². The van der Waals surface area contributed by atoms with Crippen molar-refractivity contribution in [3.63, 3.8) is 0 Å². The van der Waals surface area contributed by atoms with Crippen molar-refractivity contribution in [2.24, 2.45) is 0 Å². The molecule has 8 heteroatoms. The lowest BCUT2D eigenvalue weighted by molar-refractivity contribution is 0.0963. The van der Waals surface area contributed by atoms with Gasteiger partial charge in [0, 0.05) is 12.2 Å². The summed E-state index contributed by atoms with van der Waals surface area (Å²) in [4.78, 5) is 14.4. The van der Waals surface area contributed by atoms with Crippen molar-refractivity contribution in [3.8, 4) is 5.75 Å². The van der Waals surface area contributed by atoms with Crippen LogP contribution in [-0.2, 0) is 16.4 Å².